The van der Waals surface area contributed by atoms with Crippen molar-refractivity contribution in [1.29, 1.82) is 0 Å². The van der Waals surface area contributed by atoms with E-state index < -0.39 is 5.97 Å². The van der Waals surface area contributed by atoms with Crippen LogP contribution in [0.25, 0.3) is 5.65 Å². The largest absolute Gasteiger partial charge is 0.478 e. The lowest BCUT2D eigenvalue weighted by atomic mass is 10.1. The fourth-order valence-electron chi connectivity index (χ4n) is 3.93. The van der Waals surface area contributed by atoms with Gasteiger partial charge in [0.2, 0.25) is 0 Å². The molecule has 168 valence electrons. The van der Waals surface area contributed by atoms with Gasteiger partial charge in [0.15, 0.2) is 5.65 Å². The van der Waals surface area contributed by atoms with Gasteiger partial charge in [0.1, 0.15) is 11.6 Å². The number of carboxylic acid groups (broad SMARTS) is 1. The van der Waals surface area contributed by atoms with Crippen molar-refractivity contribution in [2.24, 2.45) is 0 Å². The van der Waals surface area contributed by atoms with E-state index in [1.165, 1.54) is 29.9 Å². The molecule has 0 spiro atoms. The number of carbonyl (C=O) groups is 1. The third-order valence-electron chi connectivity index (χ3n) is 5.77. The van der Waals surface area contributed by atoms with Gasteiger partial charge in [-0.05, 0) is 31.2 Å². The van der Waals surface area contributed by atoms with Crippen LogP contribution in [0.15, 0.2) is 47.5 Å². The van der Waals surface area contributed by atoms with E-state index in [2.05, 4.69) is 28.8 Å². The van der Waals surface area contributed by atoms with Crippen molar-refractivity contribution in [1.82, 2.24) is 19.2 Å². The number of pyridine rings is 1. The number of piperidine rings is 1. The first-order valence-electron chi connectivity index (χ1n) is 10.9. The molecular weight excluding hydrogens is 408 g/mol. The monoisotopic (exact) mass is 436 g/mol. The molecule has 4 heterocycles. The number of nitrogens with zero attached hydrogens (tertiary/aromatic N) is 5. The summed E-state index contributed by atoms with van der Waals surface area (Å²) in [6.45, 7) is 7.99. The van der Waals surface area contributed by atoms with Gasteiger partial charge in [0.05, 0.1) is 12.7 Å². The van der Waals surface area contributed by atoms with Crippen molar-refractivity contribution in [3.05, 3.63) is 64.2 Å². The maximum Gasteiger partial charge on any atom is 0.332 e. The van der Waals surface area contributed by atoms with Crippen molar-refractivity contribution in [2.45, 2.75) is 45.7 Å². The summed E-state index contributed by atoms with van der Waals surface area (Å²) in [4.78, 5) is 30.4. The molecule has 3 aromatic rings. The van der Waals surface area contributed by atoms with Gasteiger partial charge in [-0.25, -0.2) is 9.78 Å². The average Bonchev–Trinajstić information content (AvgIpc) is 3.23. The number of carboxylic acids is 1. The Balaban J connectivity index is 1.61. The molecule has 0 amide bonds. The van der Waals surface area contributed by atoms with Gasteiger partial charge in [-0.2, -0.15) is 9.61 Å². The zero-order valence-corrected chi connectivity index (χ0v) is 18.3. The Bertz CT molecular complexity index is 1210. The second-order valence-corrected chi connectivity index (χ2v) is 8.07. The fourth-order valence-corrected chi connectivity index (χ4v) is 3.93. The third kappa shape index (κ3) is 4.51. The molecule has 4 rings (SSSR count). The molecule has 1 aliphatic heterocycles. The zero-order valence-electron chi connectivity index (χ0n) is 18.3. The summed E-state index contributed by atoms with van der Waals surface area (Å²) in [5.41, 5.74) is 2.47. The summed E-state index contributed by atoms with van der Waals surface area (Å²) < 4.78 is 3.17. The second kappa shape index (κ2) is 9.25. The van der Waals surface area contributed by atoms with Crippen LogP contribution in [0.4, 0.5) is 11.6 Å². The van der Waals surface area contributed by atoms with E-state index in [1.54, 1.807) is 12.3 Å². The standard InChI is InChI=1S/C23H28N6O3/c1-3-18-13-25-29-19(11-20(26-22(18)29)27-9-5-4-6-10-27)24-12-17-7-8-21(30)28(15-17)14-16(2)23(31)32/h7-8,11,13,15,24H,2-6,9-10,12,14H2,1H3,(H,31,32). The minimum atomic E-state index is -1.12. The lowest BCUT2D eigenvalue weighted by Gasteiger charge is -2.28. The van der Waals surface area contributed by atoms with E-state index in [0.717, 1.165) is 47.9 Å². The maximum atomic E-state index is 12.1. The first kappa shape index (κ1) is 21.6. The summed E-state index contributed by atoms with van der Waals surface area (Å²) >= 11 is 0. The molecule has 0 bridgehead atoms. The molecule has 9 heteroatoms. The minimum absolute atomic E-state index is 0.0390. The lowest BCUT2D eigenvalue weighted by molar-refractivity contribution is -0.132. The number of nitrogens with one attached hydrogen (secondary N) is 1. The van der Waals surface area contributed by atoms with Crippen LogP contribution in [0.5, 0.6) is 0 Å². The first-order chi connectivity index (χ1) is 15.5. The predicted molar refractivity (Wildman–Crippen MR) is 123 cm³/mol. The fraction of sp³-hybridized carbons (Fsp3) is 0.391. The Morgan fingerprint density at radius 2 is 2.03 bits per heavy atom. The Morgan fingerprint density at radius 3 is 2.75 bits per heavy atom. The van der Waals surface area contributed by atoms with Gasteiger partial charge in [0, 0.05) is 49.1 Å². The first-order valence-corrected chi connectivity index (χ1v) is 10.9. The van der Waals surface area contributed by atoms with E-state index in [1.807, 2.05) is 16.8 Å². The van der Waals surface area contributed by atoms with E-state index in [4.69, 9.17) is 10.1 Å². The molecule has 0 radical (unpaired) electrons. The SMILES string of the molecule is C=C(Cn1cc(CNc2cc(N3CCCCC3)nc3c(CC)cnn23)ccc1=O)C(=O)O. The molecule has 1 fully saturated rings. The van der Waals surface area contributed by atoms with E-state index in [9.17, 15) is 9.59 Å². The van der Waals surface area contributed by atoms with Crippen LogP contribution in [0.3, 0.4) is 0 Å². The predicted octanol–water partition coefficient (Wildman–Crippen LogP) is 2.70. The maximum absolute atomic E-state index is 12.1. The Morgan fingerprint density at radius 1 is 1.25 bits per heavy atom. The Kier molecular flexibility index (Phi) is 6.25. The average molecular weight is 437 g/mol. The molecule has 1 saturated heterocycles. The van der Waals surface area contributed by atoms with Gasteiger partial charge < -0.3 is 19.9 Å². The molecule has 0 aliphatic carbocycles. The van der Waals surface area contributed by atoms with Crippen LogP contribution in [0.1, 0.15) is 37.3 Å². The molecule has 0 aromatic carbocycles. The summed E-state index contributed by atoms with van der Waals surface area (Å²) in [7, 11) is 0. The molecule has 32 heavy (non-hydrogen) atoms. The molecule has 9 nitrogen and oxygen atoms in total. The number of fused-ring (bicyclic) bond motifs is 1. The number of aliphatic carboxylic acids is 1. The van der Waals surface area contributed by atoms with Gasteiger partial charge in [-0.15, -0.1) is 0 Å². The minimum Gasteiger partial charge on any atom is -0.478 e. The van der Waals surface area contributed by atoms with E-state index >= 15 is 0 Å². The summed E-state index contributed by atoms with van der Waals surface area (Å²) in [6.07, 6.45) is 7.94. The number of hydrogen-bond acceptors (Lipinski definition) is 6. The van der Waals surface area contributed by atoms with Crippen molar-refractivity contribution < 1.29 is 9.90 Å². The van der Waals surface area contributed by atoms with Gasteiger partial charge in [-0.1, -0.05) is 19.6 Å². The van der Waals surface area contributed by atoms with E-state index in [0.29, 0.717) is 6.54 Å². The van der Waals surface area contributed by atoms with Crippen molar-refractivity contribution in [3.8, 4) is 0 Å². The number of rotatable bonds is 8. The number of hydrogen-bond donors (Lipinski definition) is 2. The summed E-state index contributed by atoms with van der Waals surface area (Å²) in [5, 5.41) is 17.0. The van der Waals surface area contributed by atoms with Crippen LogP contribution in [0, 0.1) is 0 Å². The van der Waals surface area contributed by atoms with Crippen LogP contribution in [-0.2, 0) is 24.3 Å². The van der Waals surface area contributed by atoms with Crippen molar-refractivity contribution in [2.75, 3.05) is 23.3 Å². The summed E-state index contributed by atoms with van der Waals surface area (Å²) in [5.74, 6) is 0.649. The quantitative estimate of drug-likeness (QED) is 0.523. The van der Waals surface area contributed by atoms with E-state index in [-0.39, 0.29) is 17.7 Å². The highest BCUT2D eigenvalue weighted by molar-refractivity contribution is 5.85. The normalized spacial score (nSPS) is 14.0. The highest BCUT2D eigenvalue weighted by Gasteiger charge is 2.17. The number of aromatic nitrogens is 4. The molecule has 3 aromatic heterocycles. The molecule has 0 saturated carbocycles. The van der Waals surface area contributed by atoms with Crippen LogP contribution >= 0.6 is 0 Å². The Hall–Kier alpha value is -3.62. The van der Waals surface area contributed by atoms with Gasteiger partial charge >= 0.3 is 5.97 Å². The van der Waals surface area contributed by atoms with Crippen LogP contribution in [-0.4, -0.2) is 43.3 Å². The second-order valence-electron chi connectivity index (χ2n) is 8.07. The summed E-state index contributed by atoms with van der Waals surface area (Å²) in [6, 6.07) is 5.20. The van der Waals surface area contributed by atoms with Crippen LogP contribution < -0.4 is 15.8 Å². The van der Waals surface area contributed by atoms with Gasteiger partial charge in [-0.3, -0.25) is 4.79 Å². The molecule has 1 aliphatic rings. The van der Waals surface area contributed by atoms with Crippen molar-refractivity contribution >= 4 is 23.3 Å². The lowest BCUT2D eigenvalue weighted by Crippen LogP contribution is -2.30. The smallest absolute Gasteiger partial charge is 0.332 e. The molecular formula is C23H28N6O3. The number of anilines is 2. The van der Waals surface area contributed by atoms with Crippen LogP contribution in [0.2, 0.25) is 0 Å². The molecule has 2 N–H and O–H groups in total. The highest BCUT2D eigenvalue weighted by Crippen LogP contribution is 2.24. The Labute approximate surface area is 186 Å². The van der Waals surface area contributed by atoms with Gasteiger partial charge in [0.25, 0.3) is 5.56 Å². The molecule has 0 unspecified atom stereocenters. The highest BCUT2D eigenvalue weighted by atomic mass is 16.4. The third-order valence-corrected chi connectivity index (χ3v) is 5.77. The zero-order chi connectivity index (χ0) is 22.7. The van der Waals surface area contributed by atoms with Crippen molar-refractivity contribution in [3.63, 3.8) is 0 Å². The number of aryl methyl sites for hydroxylation is 1. The molecule has 0 atom stereocenters. The topological polar surface area (TPSA) is 105 Å².